The molecule has 23 heavy (non-hydrogen) atoms. The van der Waals surface area contributed by atoms with Crippen molar-refractivity contribution in [3.63, 3.8) is 0 Å². The van der Waals surface area contributed by atoms with E-state index in [1.165, 1.54) is 0 Å². The molecular weight excluding hydrogens is 284 g/mol. The highest BCUT2D eigenvalue weighted by molar-refractivity contribution is 6.11. The molecule has 0 saturated heterocycles. The lowest BCUT2D eigenvalue weighted by atomic mass is 9.89. The van der Waals surface area contributed by atoms with Gasteiger partial charge in [-0.25, -0.2) is 0 Å². The number of benzene rings is 2. The molecular formula is C21H22O2. The van der Waals surface area contributed by atoms with Crippen LogP contribution < -0.4 is 0 Å². The zero-order valence-electron chi connectivity index (χ0n) is 13.9. The molecule has 0 spiro atoms. The highest BCUT2D eigenvalue weighted by atomic mass is 16.1. The van der Waals surface area contributed by atoms with E-state index in [1.54, 1.807) is 12.2 Å². The standard InChI is InChI=1S/C21H22O2/c1-4-17(22)13-14-19-18(15(2)3)11-8-12-20(19)21(23)16-9-6-5-7-10-16/h5-15H,4H2,1-3H3/b14-13+. The van der Waals surface area contributed by atoms with Crippen molar-refractivity contribution in [2.24, 2.45) is 0 Å². The molecule has 2 aromatic rings. The molecule has 2 aromatic carbocycles. The number of hydrogen-bond acceptors (Lipinski definition) is 2. The van der Waals surface area contributed by atoms with Crippen molar-refractivity contribution in [3.05, 3.63) is 76.9 Å². The number of ketones is 2. The molecule has 0 N–H and O–H groups in total. The van der Waals surface area contributed by atoms with Gasteiger partial charge in [-0.1, -0.05) is 75.4 Å². The lowest BCUT2D eigenvalue weighted by Crippen LogP contribution is -2.06. The molecule has 2 nitrogen and oxygen atoms in total. The molecule has 0 unspecified atom stereocenters. The fourth-order valence-electron chi connectivity index (χ4n) is 2.51. The zero-order chi connectivity index (χ0) is 16.8. The minimum Gasteiger partial charge on any atom is -0.295 e. The van der Waals surface area contributed by atoms with Gasteiger partial charge >= 0.3 is 0 Å². The first-order valence-corrected chi connectivity index (χ1v) is 7.98. The van der Waals surface area contributed by atoms with Gasteiger partial charge in [0.25, 0.3) is 0 Å². The average Bonchev–Trinajstić information content (AvgIpc) is 2.59. The fourth-order valence-corrected chi connectivity index (χ4v) is 2.51. The third-order valence-corrected chi connectivity index (χ3v) is 3.83. The number of allylic oxidation sites excluding steroid dienone is 1. The SMILES string of the molecule is CCC(=O)/C=C/c1c(C(=O)c2ccccc2)cccc1C(C)C. The smallest absolute Gasteiger partial charge is 0.193 e. The van der Waals surface area contributed by atoms with E-state index in [4.69, 9.17) is 0 Å². The Labute approximate surface area is 137 Å². The van der Waals surface area contributed by atoms with Crippen molar-refractivity contribution in [1.82, 2.24) is 0 Å². The Morgan fingerprint density at radius 3 is 2.30 bits per heavy atom. The van der Waals surface area contributed by atoms with Crippen LogP contribution in [-0.2, 0) is 4.79 Å². The Balaban J connectivity index is 2.54. The third kappa shape index (κ3) is 4.04. The van der Waals surface area contributed by atoms with Gasteiger partial charge in [0.2, 0.25) is 0 Å². The fraction of sp³-hybridized carbons (Fsp3) is 0.238. The number of carbonyl (C=O) groups excluding carboxylic acids is 2. The highest BCUT2D eigenvalue weighted by Crippen LogP contribution is 2.26. The van der Waals surface area contributed by atoms with Crippen LogP contribution in [0.5, 0.6) is 0 Å². The summed E-state index contributed by atoms with van der Waals surface area (Å²) in [5.41, 5.74) is 3.22. The van der Waals surface area contributed by atoms with Crippen LogP contribution in [0.3, 0.4) is 0 Å². The summed E-state index contributed by atoms with van der Waals surface area (Å²) in [6.07, 6.45) is 3.82. The Bertz CT molecular complexity index is 725. The molecule has 0 bridgehead atoms. The lowest BCUT2D eigenvalue weighted by Gasteiger charge is -2.14. The van der Waals surface area contributed by atoms with E-state index in [9.17, 15) is 9.59 Å². The highest BCUT2D eigenvalue weighted by Gasteiger charge is 2.16. The van der Waals surface area contributed by atoms with Crippen LogP contribution in [0.4, 0.5) is 0 Å². The monoisotopic (exact) mass is 306 g/mol. The van der Waals surface area contributed by atoms with Gasteiger partial charge in [-0.2, -0.15) is 0 Å². The number of hydrogen-bond donors (Lipinski definition) is 0. The average molecular weight is 306 g/mol. The lowest BCUT2D eigenvalue weighted by molar-refractivity contribution is -0.114. The van der Waals surface area contributed by atoms with Crippen LogP contribution in [0.15, 0.2) is 54.6 Å². The van der Waals surface area contributed by atoms with Crippen molar-refractivity contribution in [3.8, 4) is 0 Å². The molecule has 2 heteroatoms. The Morgan fingerprint density at radius 2 is 1.70 bits per heavy atom. The Hall–Kier alpha value is -2.48. The van der Waals surface area contributed by atoms with Gasteiger partial charge in [0.05, 0.1) is 0 Å². The van der Waals surface area contributed by atoms with E-state index in [1.807, 2.05) is 55.5 Å². The number of rotatable bonds is 6. The molecule has 0 atom stereocenters. The largest absolute Gasteiger partial charge is 0.295 e. The van der Waals surface area contributed by atoms with Crippen LogP contribution in [0, 0.1) is 0 Å². The minimum atomic E-state index is -0.0169. The second kappa shape index (κ2) is 7.68. The Kier molecular flexibility index (Phi) is 5.64. The van der Waals surface area contributed by atoms with Gasteiger partial charge in [0.15, 0.2) is 11.6 Å². The molecule has 0 saturated carbocycles. The van der Waals surface area contributed by atoms with Crippen molar-refractivity contribution in [2.45, 2.75) is 33.1 Å². The van der Waals surface area contributed by atoms with E-state index < -0.39 is 0 Å². The molecule has 0 aliphatic heterocycles. The summed E-state index contributed by atoms with van der Waals surface area (Å²) in [5, 5.41) is 0. The first-order valence-electron chi connectivity index (χ1n) is 7.98. The predicted octanol–water partition coefficient (Wildman–Crippen LogP) is 5.03. The molecule has 0 aliphatic rings. The summed E-state index contributed by atoms with van der Waals surface area (Å²) < 4.78 is 0. The van der Waals surface area contributed by atoms with E-state index in [-0.39, 0.29) is 17.5 Å². The van der Waals surface area contributed by atoms with Gasteiger partial charge in [-0.05, 0) is 23.1 Å². The summed E-state index contributed by atoms with van der Waals surface area (Å²) in [6, 6.07) is 15.0. The van der Waals surface area contributed by atoms with Crippen LogP contribution in [0.25, 0.3) is 6.08 Å². The van der Waals surface area contributed by atoms with E-state index in [0.29, 0.717) is 17.5 Å². The van der Waals surface area contributed by atoms with E-state index in [0.717, 1.165) is 11.1 Å². The van der Waals surface area contributed by atoms with Gasteiger partial charge in [-0.3, -0.25) is 9.59 Å². The molecule has 0 heterocycles. The van der Waals surface area contributed by atoms with Crippen molar-refractivity contribution < 1.29 is 9.59 Å². The summed E-state index contributed by atoms with van der Waals surface area (Å²) >= 11 is 0. The molecule has 0 aliphatic carbocycles. The summed E-state index contributed by atoms with van der Waals surface area (Å²) in [4.78, 5) is 24.5. The normalized spacial score (nSPS) is 11.1. The molecule has 118 valence electrons. The van der Waals surface area contributed by atoms with Crippen molar-refractivity contribution in [1.29, 1.82) is 0 Å². The van der Waals surface area contributed by atoms with Crippen molar-refractivity contribution in [2.75, 3.05) is 0 Å². The van der Waals surface area contributed by atoms with Crippen molar-refractivity contribution >= 4 is 17.6 Å². The summed E-state index contributed by atoms with van der Waals surface area (Å²) in [6.45, 7) is 6.01. The van der Waals surface area contributed by atoms with E-state index in [2.05, 4.69) is 13.8 Å². The summed E-state index contributed by atoms with van der Waals surface area (Å²) in [7, 11) is 0. The van der Waals surface area contributed by atoms with Gasteiger partial charge < -0.3 is 0 Å². The quantitative estimate of drug-likeness (QED) is 0.554. The summed E-state index contributed by atoms with van der Waals surface area (Å²) in [5.74, 6) is 0.313. The zero-order valence-corrected chi connectivity index (χ0v) is 13.9. The van der Waals surface area contributed by atoms with Crippen LogP contribution in [0.2, 0.25) is 0 Å². The van der Waals surface area contributed by atoms with Gasteiger partial charge in [0, 0.05) is 17.5 Å². The van der Waals surface area contributed by atoms with Gasteiger partial charge in [-0.15, -0.1) is 0 Å². The molecule has 0 fully saturated rings. The second-order valence-corrected chi connectivity index (χ2v) is 5.81. The maximum absolute atomic E-state index is 12.8. The third-order valence-electron chi connectivity index (χ3n) is 3.83. The van der Waals surface area contributed by atoms with E-state index >= 15 is 0 Å². The predicted molar refractivity (Wildman–Crippen MR) is 94.7 cm³/mol. The number of carbonyl (C=O) groups is 2. The maximum atomic E-state index is 12.8. The minimum absolute atomic E-state index is 0.0169. The molecule has 2 rings (SSSR count). The first-order chi connectivity index (χ1) is 11.0. The molecule has 0 radical (unpaired) electrons. The first kappa shape index (κ1) is 16.9. The second-order valence-electron chi connectivity index (χ2n) is 5.81. The molecule has 0 aromatic heterocycles. The molecule has 0 amide bonds. The van der Waals surface area contributed by atoms with Gasteiger partial charge in [0.1, 0.15) is 0 Å². The maximum Gasteiger partial charge on any atom is 0.193 e. The van der Waals surface area contributed by atoms with Crippen LogP contribution in [-0.4, -0.2) is 11.6 Å². The topological polar surface area (TPSA) is 34.1 Å². The van der Waals surface area contributed by atoms with Crippen LogP contribution >= 0.6 is 0 Å². The van der Waals surface area contributed by atoms with Crippen LogP contribution in [0.1, 0.15) is 60.2 Å². The Morgan fingerprint density at radius 1 is 1.00 bits per heavy atom.